The molecule has 1 N–H and O–H groups in total. The molecule has 88 valence electrons. The van der Waals surface area contributed by atoms with Gasteiger partial charge in [-0.2, -0.15) is 0 Å². The Hall–Kier alpha value is -1.33. The van der Waals surface area contributed by atoms with Crippen molar-refractivity contribution in [2.75, 3.05) is 0 Å². The monoisotopic (exact) mass is 230 g/mol. The third-order valence-electron chi connectivity index (χ3n) is 3.45. The molecule has 3 rings (SSSR count). The summed E-state index contributed by atoms with van der Waals surface area (Å²) in [5.41, 5.74) is 1.63. The predicted molar refractivity (Wildman–Crippen MR) is 67.2 cm³/mol. The van der Waals surface area contributed by atoms with Gasteiger partial charge in [0.05, 0.1) is 11.7 Å². The zero-order valence-electron chi connectivity index (χ0n) is 10.2. The largest absolute Gasteiger partial charge is 0.496 e. The summed E-state index contributed by atoms with van der Waals surface area (Å²) in [6.07, 6.45) is 3.76. The van der Waals surface area contributed by atoms with E-state index in [0.29, 0.717) is 0 Å². The fourth-order valence-electron chi connectivity index (χ4n) is 2.06. The number of nitrogens with zero attached hydrogens (tertiary/aromatic N) is 1. The average Bonchev–Trinajstić information content (AvgIpc) is 2.81. The van der Waals surface area contributed by atoms with Gasteiger partial charge in [-0.1, -0.05) is 6.07 Å². The van der Waals surface area contributed by atoms with Crippen molar-refractivity contribution >= 4 is 23.6 Å². The third-order valence-corrected chi connectivity index (χ3v) is 3.45. The standard InChI is InChI=1S/C12H15BN2O2/c1-8-12(2,3)17-13(16-8)10-7-15-11-9(10)5-4-6-14-11/h4-8H,1-3H3,(H,14,15). The fourth-order valence-corrected chi connectivity index (χ4v) is 2.06. The van der Waals surface area contributed by atoms with Crippen LogP contribution in [-0.4, -0.2) is 28.8 Å². The van der Waals surface area contributed by atoms with Crippen molar-refractivity contribution < 1.29 is 9.31 Å². The van der Waals surface area contributed by atoms with Gasteiger partial charge in [0.2, 0.25) is 0 Å². The number of rotatable bonds is 1. The summed E-state index contributed by atoms with van der Waals surface area (Å²) in [7, 11) is -0.307. The summed E-state index contributed by atoms with van der Waals surface area (Å²) in [4.78, 5) is 7.40. The Morgan fingerprint density at radius 1 is 1.47 bits per heavy atom. The molecule has 17 heavy (non-hydrogen) atoms. The van der Waals surface area contributed by atoms with Crippen LogP contribution < -0.4 is 5.46 Å². The van der Waals surface area contributed by atoms with E-state index in [9.17, 15) is 0 Å². The number of aromatic nitrogens is 2. The third kappa shape index (κ3) is 1.66. The molecule has 0 saturated carbocycles. The Balaban J connectivity index is 2.01. The summed E-state index contributed by atoms with van der Waals surface area (Å²) in [6.45, 7) is 6.13. The van der Waals surface area contributed by atoms with Crippen molar-refractivity contribution in [3.63, 3.8) is 0 Å². The number of H-pyrrole nitrogens is 1. The average molecular weight is 230 g/mol. The lowest BCUT2D eigenvalue weighted by molar-refractivity contribution is 0.0842. The highest BCUT2D eigenvalue weighted by molar-refractivity contribution is 6.65. The Morgan fingerprint density at radius 2 is 2.29 bits per heavy atom. The van der Waals surface area contributed by atoms with Gasteiger partial charge >= 0.3 is 7.12 Å². The number of fused-ring (bicyclic) bond motifs is 1. The van der Waals surface area contributed by atoms with Gasteiger partial charge in [0.25, 0.3) is 0 Å². The maximum Gasteiger partial charge on any atom is 0.496 e. The van der Waals surface area contributed by atoms with E-state index >= 15 is 0 Å². The van der Waals surface area contributed by atoms with Crippen LogP contribution in [0.3, 0.4) is 0 Å². The fraction of sp³-hybridized carbons (Fsp3) is 0.417. The number of aromatic amines is 1. The van der Waals surface area contributed by atoms with Crippen LogP contribution in [0.4, 0.5) is 0 Å². The second-order valence-corrected chi connectivity index (χ2v) is 4.98. The van der Waals surface area contributed by atoms with Crippen molar-refractivity contribution in [2.24, 2.45) is 0 Å². The summed E-state index contributed by atoms with van der Waals surface area (Å²) < 4.78 is 11.8. The molecule has 1 aliphatic rings. The van der Waals surface area contributed by atoms with Crippen molar-refractivity contribution in [2.45, 2.75) is 32.5 Å². The van der Waals surface area contributed by atoms with E-state index in [1.165, 1.54) is 0 Å². The molecule has 4 nitrogen and oxygen atoms in total. The van der Waals surface area contributed by atoms with Crippen LogP contribution in [0.1, 0.15) is 20.8 Å². The molecule has 2 aromatic heterocycles. The first-order valence-corrected chi connectivity index (χ1v) is 5.83. The molecule has 0 aromatic carbocycles. The lowest BCUT2D eigenvalue weighted by Crippen LogP contribution is -2.34. The SMILES string of the molecule is CC1OB(c2c[nH]c3ncccc23)OC1(C)C. The van der Waals surface area contributed by atoms with Gasteiger partial charge in [0.1, 0.15) is 5.65 Å². The lowest BCUT2D eigenvalue weighted by Gasteiger charge is -2.21. The Labute approximate surface area is 100 Å². The highest BCUT2D eigenvalue weighted by Crippen LogP contribution is 2.27. The van der Waals surface area contributed by atoms with Gasteiger partial charge in [0, 0.05) is 23.2 Å². The highest BCUT2D eigenvalue weighted by atomic mass is 16.7. The minimum absolute atomic E-state index is 0.0779. The molecular weight excluding hydrogens is 215 g/mol. The minimum Gasteiger partial charge on any atom is -0.402 e. The Bertz CT molecular complexity index is 552. The molecule has 0 amide bonds. The summed E-state index contributed by atoms with van der Waals surface area (Å²) in [6, 6.07) is 3.94. The highest BCUT2D eigenvalue weighted by Gasteiger charge is 2.44. The predicted octanol–water partition coefficient (Wildman–Crippen LogP) is 1.47. The zero-order chi connectivity index (χ0) is 12.0. The van der Waals surface area contributed by atoms with E-state index in [2.05, 4.69) is 9.97 Å². The molecule has 5 heteroatoms. The second kappa shape index (κ2) is 3.58. The first kappa shape index (κ1) is 10.8. The van der Waals surface area contributed by atoms with Crippen LogP contribution >= 0.6 is 0 Å². The molecule has 3 heterocycles. The molecule has 0 radical (unpaired) electrons. The molecule has 1 saturated heterocycles. The molecule has 1 fully saturated rings. The van der Waals surface area contributed by atoms with Gasteiger partial charge in [0.15, 0.2) is 0 Å². The molecule has 0 aliphatic carbocycles. The van der Waals surface area contributed by atoms with Crippen LogP contribution in [0.2, 0.25) is 0 Å². The Kier molecular flexibility index (Phi) is 2.28. The van der Waals surface area contributed by atoms with Gasteiger partial charge in [-0.15, -0.1) is 0 Å². The number of hydrogen-bond donors (Lipinski definition) is 1. The summed E-state index contributed by atoms with van der Waals surface area (Å²) in [5.74, 6) is 0. The van der Waals surface area contributed by atoms with Crippen molar-refractivity contribution in [3.05, 3.63) is 24.5 Å². The minimum atomic E-state index is -0.307. The van der Waals surface area contributed by atoms with Crippen LogP contribution in [0, 0.1) is 0 Å². The maximum absolute atomic E-state index is 5.94. The Morgan fingerprint density at radius 3 is 3.00 bits per heavy atom. The van der Waals surface area contributed by atoms with Gasteiger partial charge in [-0.3, -0.25) is 0 Å². The topological polar surface area (TPSA) is 47.1 Å². The molecule has 0 bridgehead atoms. The van der Waals surface area contributed by atoms with E-state index in [4.69, 9.17) is 9.31 Å². The number of nitrogens with one attached hydrogen (secondary N) is 1. The molecular formula is C12H15BN2O2. The molecule has 0 spiro atoms. The maximum atomic E-state index is 5.94. The number of hydrogen-bond acceptors (Lipinski definition) is 3. The second-order valence-electron chi connectivity index (χ2n) is 4.98. The van der Waals surface area contributed by atoms with Crippen molar-refractivity contribution in [3.8, 4) is 0 Å². The van der Waals surface area contributed by atoms with E-state index in [1.807, 2.05) is 39.1 Å². The van der Waals surface area contributed by atoms with Crippen LogP contribution in [0.25, 0.3) is 11.0 Å². The van der Waals surface area contributed by atoms with E-state index in [1.54, 1.807) is 6.20 Å². The van der Waals surface area contributed by atoms with Crippen LogP contribution in [0.15, 0.2) is 24.5 Å². The quantitative estimate of drug-likeness (QED) is 0.754. The molecule has 1 aliphatic heterocycles. The lowest BCUT2D eigenvalue weighted by atomic mass is 9.79. The van der Waals surface area contributed by atoms with Gasteiger partial charge in [-0.05, 0) is 26.8 Å². The van der Waals surface area contributed by atoms with Crippen LogP contribution in [0.5, 0.6) is 0 Å². The number of pyridine rings is 1. The summed E-state index contributed by atoms with van der Waals surface area (Å²) in [5, 5.41) is 1.06. The van der Waals surface area contributed by atoms with Crippen LogP contribution in [-0.2, 0) is 9.31 Å². The van der Waals surface area contributed by atoms with Crippen molar-refractivity contribution in [1.29, 1.82) is 0 Å². The molecule has 1 atom stereocenters. The smallest absolute Gasteiger partial charge is 0.402 e. The normalized spacial score (nSPS) is 23.5. The zero-order valence-corrected chi connectivity index (χ0v) is 10.2. The molecule has 2 aromatic rings. The van der Waals surface area contributed by atoms with E-state index in [-0.39, 0.29) is 18.8 Å². The summed E-state index contributed by atoms with van der Waals surface area (Å²) >= 11 is 0. The van der Waals surface area contributed by atoms with Gasteiger partial charge in [-0.25, -0.2) is 4.98 Å². The molecule has 1 unspecified atom stereocenters. The van der Waals surface area contributed by atoms with Crippen molar-refractivity contribution in [1.82, 2.24) is 9.97 Å². The van der Waals surface area contributed by atoms with Gasteiger partial charge < -0.3 is 14.3 Å². The first-order valence-electron chi connectivity index (χ1n) is 5.83. The van der Waals surface area contributed by atoms with E-state index in [0.717, 1.165) is 16.5 Å². The first-order chi connectivity index (χ1) is 8.08. The van der Waals surface area contributed by atoms with E-state index < -0.39 is 0 Å².